The van der Waals surface area contributed by atoms with Crippen molar-refractivity contribution < 1.29 is 0 Å². The molecule has 0 aliphatic heterocycles. The van der Waals surface area contributed by atoms with Crippen LogP contribution in [0.4, 0.5) is 0 Å². The number of hydrogen-bond acceptors (Lipinski definition) is 3. The van der Waals surface area contributed by atoms with Gasteiger partial charge in [-0.1, -0.05) is 6.92 Å². The highest BCUT2D eigenvalue weighted by atomic mass is 15.1. The lowest BCUT2D eigenvalue weighted by Crippen LogP contribution is -2.14. The molecule has 0 saturated heterocycles. The zero-order valence-electron chi connectivity index (χ0n) is 12.0. The lowest BCUT2D eigenvalue weighted by Gasteiger charge is -2.11. The third-order valence-corrected chi connectivity index (χ3v) is 3.07. The molecule has 2 heterocycles. The van der Waals surface area contributed by atoms with E-state index in [0.717, 1.165) is 31.7 Å². The van der Waals surface area contributed by atoms with Crippen LogP contribution < -0.4 is 5.32 Å². The van der Waals surface area contributed by atoms with Gasteiger partial charge in [0, 0.05) is 25.0 Å². The quantitative estimate of drug-likeness (QED) is 0.777. The van der Waals surface area contributed by atoms with E-state index < -0.39 is 0 Å². The van der Waals surface area contributed by atoms with Gasteiger partial charge in [-0.05, 0) is 26.8 Å². The summed E-state index contributed by atoms with van der Waals surface area (Å²) in [6.07, 6.45) is 8.95. The topological polar surface area (TPSA) is 47.7 Å². The molecule has 2 aromatic heterocycles. The van der Waals surface area contributed by atoms with E-state index in [0.29, 0.717) is 6.04 Å². The van der Waals surface area contributed by atoms with Gasteiger partial charge in [-0.2, -0.15) is 0 Å². The molecule has 5 nitrogen and oxygen atoms in total. The normalized spacial score (nSPS) is 11.4. The van der Waals surface area contributed by atoms with Crippen LogP contribution in [-0.4, -0.2) is 25.6 Å². The summed E-state index contributed by atoms with van der Waals surface area (Å²) in [4.78, 5) is 8.64. The van der Waals surface area contributed by atoms with Gasteiger partial charge >= 0.3 is 0 Å². The zero-order chi connectivity index (χ0) is 13.7. The third-order valence-electron chi connectivity index (χ3n) is 3.07. The molecule has 0 saturated carbocycles. The second-order valence-corrected chi connectivity index (χ2v) is 5.10. The fraction of sp³-hybridized carbons (Fsp3) is 0.571. The molecule has 0 aromatic carbocycles. The number of aromatic nitrogens is 4. The first kappa shape index (κ1) is 13.8. The van der Waals surface area contributed by atoms with E-state index in [2.05, 4.69) is 51.4 Å². The van der Waals surface area contributed by atoms with Crippen LogP contribution in [0.3, 0.4) is 0 Å². The van der Waals surface area contributed by atoms with Crippen molar-refractivity contribution in [2.24, 2.45) is 0 Å². The Morgan fingerprint density at radius 1 is 1.32 bits per heavy atom. The largest absolute Gasteiger partial charge is 0.331 e. The maximum Gasteiger partial charge on any atom is 0.0953 e. The van der Waals surface area contributed by atoms with E-state index in [1.165, 1.54) is 5.69 Å². The van der Waals surface area contributed by atoms with Crippen molar-refractivity contribution in [3.63, 3.8) is 0 Å². The summed E-state index contributed by atoms with van der Waals surface area (Å²) in [5, 5.41) is 3.36. The Morgan fingerprint density at radius 2 is 2.16 bits per heavy atom. The highest BCUT2D eigenvalue weighted by molar-refractivity contribution is 5.04. The first-order chi connectivity index (χ1) is 9.20. The molecule has 0 radical (unpaired) electrons. The van der Waals surface area contributed by atoms with E-state index in [9.17, 15) is 0 Å². The van der Waals surface area contributed by atoms with Gasteiger partial charge in [0.2, 0.25) is 0 Å². The Hall–Kier alpha value is -1.62. The van der Waals surface area contributed by atoms with Crippen molar-refractivity contribution in [2.75, 3.05) is 6.54 Å². The van der Waals surface area contributed by atoms with E-state index >= 15 is 0 Å². The Morgan fingerprint density at radius 3 is 2.89 bits per heavy atom. The van der Waals surface area contributed by atoms with Crippen LogP contribution in [0, 0.1) is 0 Å². The second kappa shape index (κ2) is 6.52. The van der Waals surface area contributed by atoms with Crippen LogP contribution >= 0.6 is 0 Å². The van der Waals surface area contributed by atoms with Crippen molar-refractivity contribution in [1.29, 1.82) is 0 Å². The summed E-state index contributed by atoms with van der Waals surface area (Å²) in [5.74, 6) is 0. The van der Waals surface area contributed by atoms with Gasteiger partial charge in [0.05, 0.1) is 30.6 Å². The molecule has 104 valence electrons. The fourth-order valence-corrected chi connectivity index (χ4v) is 2.08. The molecule has 0 aliphatic rings. The molecular formula is C14H23N5. The van der Waals surface area contributed by atoms with Crippen LogP contribution in [0.2, 0.25) is 0 Å². The number of nitrogens with zero attached hydrogens (tertiary/aromatic N) is 4. The van der Waals surface area contributed by atoms with Crippen LogP contribution in [0.1, 0.15) is 44.6 Å². The fourth-order valence-electron chi connectivity index (χ4n) is 2.08. The molecule has 0 unspecified atom stereocenters. The highest BCUT2D eigenvalue weighted by Gasteiger charge is 2.06. The molecule has 0 aliphatic carbocycles. The Kier molecular flexibility index (Phi) is 4.74. The Labute approximate surface area is 114 Å². The molecule has 1 N–H and O–H groups in total. The van der Waals surface area contributed by atoms with Crippen LogP contribution in [0.25, 0.3) is 0 Å². The van der Waals surface area contributed by atoms with Crippen molar-refractivity contribution in [2.45, 2.75) is 46.3 Å². The molecule has 0 amide bonds. The number of hydrogen-bond donors (Lipinski definition) is 1. The van der Waals surface area contributed by atoms with Gasteiger partial charge in [-0.3, -0.25) is 0 Å². The van der Waals surface area contributed by atoms with Crippen molar-refractivity contribution in [1.82, 2.24) is 24.4 Å². The minimum absolute atomic E-state index is 0.437. The van der Waals surface area contributed by atoms with E-state index in [-0.39, 0.29) is 0 Å². The maximum atomic E-state index is 4.41. The average Bonchev–Trinajstić information content (AvgIpc) is 2.99. The Bertz CT molecular complexity index is 497. The summed E-state index contributed by atoms with van der Waals surface area (Å²) in [6, 6.07) is 0.437. The van der Waals surface area contributed by atoms with Crippen molar-refractivity contribution >= 4 is 0 Å². The highest BCUT2D eigenvalue weighted by Crippen LogP contribution is 2.10. The smallest absolute Gasteiger partial charge is 0.0953 e. The molecule has 0 fully saturated rings. The summed E-state index contributed by atoms with van der Waals surface area (Å²) in [7, 11) is 0. The SMILES string of the molecule is CCCNCc1cn(Cc2cncn2C(C)C)cn1. The first-order valence-electron chi connectivity index (χ1n) is 6.92. The molecule has 0 atom stereocenters. The molecule has 2 aromatic rings. The van der Waals surface area contributed by atoms with E-state index in [4.69, 9.17) is 0 Å². The van der Waals surface area contributed by atoms with Crippen LogP contribution in [0.5, 0.6) is 0 Å². The summed E-state index contributed by atoms with van der Waals surface area (Å²) in [6.45, 7) is 9.19. The predicted molar refractivity (Wildman–Crippen MR) is 75.9 cm³/mol. The minimum Gasteiger partial charge on any atom is -0.331 e. The number of rotatable bonds is 7. The summed E-state index contributed by atoms with van der Waals surface area (Å²) in [5.41, 5.74) is 2.30. The minimum atomic E-state index is 0.437. The van der Waals surface area contributed by atoms with Gasteiger partial charge < -0.3 is 14.5 Å². The molecule has 2 rings (SSSR count). The van der Waals surface area contributed by atoms with Crippen LogP contribution in [-0.2, 0) is 13.1 Å². The van der Waals surface area contributed by atoms with Gasteiger partial charge in [0.15, 0.2) is 0 Å². The second-order valence-electron chi connectivity index (χ2n) is 5.10. The summed E-state index contributed by atoms with van der Waals surface area (Å²) < 4.78 is 4.30. The monoisotopic (exact) mass is 261 g/mol. The lowest BCUT2D eigenvalue weighted by molar-refractivity contribution is 0.561. The zero-order valence-corrected chi connectivity index (χ0v) is 12.0. The van der Waals surface area contributed by atoms with E-state index in [1.807, 2.05) is 18.9 Å². The van der Waals surface area contributed by atoms with E-state index in [1.54, 1.807) is 0 Å². The first-order valence-corrected chi connectivity index (χ1v) is 6.92. The summed E-state index contributed by atoms with van der Waals surface area (Å²) >= 11 is 0. The predicted octanol–water partition coefficient (Wildman–Crippen LogP) is 2.21. The van der Waals surface area contributed by atoms with Gasteiger partial charge in [0.1, 0.15) is 0 Å². The number of nitrogens with one attached hydrogen (secondary N) is 1. The lowest BCUT2D eigenvalue weighted by atomic mass is 10.3. The van der Waals surface area contributed by atoms with Gasteiger partial charge in [-0.25, -0.2) is 9.97 Å². The average molecular weight is 261 g/mol. The molecular weight excluding hydrogens is 238 g/mol. The standard InChI is InChI=1S/C14H23N5/c1-4-5-15-6-13-8-18(11-17-13)9-14-7-16-10-19(14)12(2)3/h7-8,10-12,15H,4-6,9H2,1-3H3. The van der Waals surface area contributed by atoms with Gasteiger partial charge in [0.25, 0.3) is 0 Å². The molecule has 0 spiro atoms. The molecule has 19 heavy (non-hydrogen) atoms. The third kappa shape index (κ3) is 3.67. The van der Waals surface area contributed by atoms with Gasteiger partial charge in [-0.15, -0.1) is 0 Å². The van der Waals surface area contributed by atoms with Crippen molar-refractivity contribution in [3.05, 3.63) is 36.4 Å². The van der Waals surface area contributed by atoms with Crippen LogP contribution in [0.15, 0.2) is 25.0 Å². The maximum absolute atomic E-state index is 4.41. The molecule has 5 heteroatoms. The van der Waals surface area contributed by atoms with Crippen molar-refractivity contribution in [3.8, 4) is 0 Å². The number of imidazole rings is 2. The Balaban J connectivity index is 1.97. The molecule has 0 bridgehead atoms.